The molecule has 1 saturated carbocycles. The van der Waals surface area contributed by atoms with Crippen LogP contribution in [0.5, 0.6) is 0 Å². The van der Waals surface area contributed by atoms with E-state index in [1.807, 2.05) is 0 Å². The number of benzene rings is 1. The summed E-state index contributed by atoms with van der Waals surface area (Å²) in [4.78, 5) is 11.1. The minimum atomic E-state index is -4.38. The standard InChI is InChI=1S/C12H11F3O2/c1-7-3-2-4-8(9(7)10(16)17)11(5-6-11)12(13,14)15/h2-4H,5-6H2,1H3,(H,16,17). The summed E-state index contributed by atoms with van der Waals surface area (Å²) in [5, 5.41) is 9.04. The maximum atomic E-state index is 13.0. The predicted molar refractivity (Wildman–Crippen MR) is 55.1 cm³/mol. The number of rotatable bonds is 2. The SMILES string of the molecule is Cc1cccc(C2(C(F)(F)F)CC2)c1C(=O)O. The zero-order valence-electron chi connectivity index (χ0n) is 9.14. The third-order valence-corrected chi connectivity index (χ3v) is 3.29. The molecule has 0 unspecified atom stereocenters. The molecule has 1 fully saturated rings. The van der Waals surface area contributed by atoms with E-state index in [0.29, 0.717) is 5.56 Å². The quantitative estimate of drug-likeness (QED) is 0.866. The fraction of sp³-hybridized carbons (Fsp3) is 0.417. The van der Waals surface area contributed by atoms with E-state index < -0.39 is 17.6 Å². The molecule has 5 heteroatoms. The van der Waals surface area contributed by atoms with Gasteiger partial charge in [0.1, 0.15) is 0 Å². The lowest BCUT2D eigenvalue weighted by molar-refractivity contribution is -0.160. The molecule has 0 atom stereocenters. The Morgan fingerprint density at radius 3 is 2.35 bits per heavy atom. The van der Waals surface area contributed by atoms with Gasteiger partial charge in [-0.25, -0.2) is 4.79 Å². The van der Waals surface area contributed by atoms with Gasteiger partial charge < -0.3 is 5.11 Å². The van der Waals surface area contributed by atoms with E-state index in [1.54, 1.807) is 0 Å². The van der Waals surface area contributed by atoms with E-state index in [1.165, 1.54) is 25.1 Å². The van der Waals surface area contributed by atoms with Crippen molar-refractivity contribution in [1.29, 1.82) is 0 Å². The zero-order chi connectivity index (χ0) is 12.8. The Kier molecular flexibility index (Phi) is 2.45. The van der Waals surface area contributed by atoms with Crippen LogP contribution in [0.15, 0.2) is 18.2 Å². The van der Waals surface area contributed by atoms with Gasteiger partial charge in [-0.3, -0.25) is 0 Å². The van der Waals surface area contributed by atoms with Crippen LogP contribution in [0.2, 0.25) is 0 Å². The molecule has 17 heavy (non-hydrogen) atoms. The molecular formula is C12H11F3O2. The Morgan fingerprint density at radius 2 is 1.94 bits per heavy atom. The van der Waals surface area contributed by atoms with Gasteiger partial charge in [0.05, 0.1) is 11.0 Å². The highest BCUT2D eigenvalue weighted by Crippen LogP contribution is 2.59. The van der Waals surface area contributed by atoms with Gasteiger partial charge in [0.2, 0.25) is 0 Å². The highest BCUT2D eigenvalue weighted by atomic mass is 19.4. The van der Waals surface area contributed by atoms with Crippen molar-refractivity contribution in [2.75, 3.05) is 0 Å². The Bertz CT molecular complexity index is 473. The summed E-state index contributed by atoms with van der Waals surface area (Å²) in [5.41, 5.74) is -1.88. The molecule has 0 aromatic heterocycles. The van der Waals surface area contributed by atoms with E-state index in [2.05, 4.69) is 0 Å². The van der Waals surface area contributed by atoms with Crippen LogP contribution in [0, 0.1) is 6.92 Å². The lowest BCUT2D eigenvalue weighted by atomic mass is 9.88. The monoisotopic (exact) mass is 244 g/mol. The van der Waals surface area contributed by atoms with E-state index in [0.717, 1.165) is 0 Å². The molecule has 0 spiro atoms. The number of carboxylic acids is 1. The predicted octanol–water partition coefficient (Wildman–Crippen LogP) is 3.29. The Hall–Kier alpha value is -1.52. The van der Waals surface area contributed by atoms with E-state index >= 15 is 0 Å². The lowest BCUT2D eigenvalue weighted by Gasteiger charge is -2.22. The largest absolute Gasteiger partial charge is 0.478 e. The molecular weight excluding hydrogens is 233 g/mol. The van der Waals surface area contributed by atoms with E-state index in [9.17, 15) is 18.0 Å². The van der Waals surface area contributed by atoms with Crippen LogP contribution in [-0.2, 0) is 5.41 Å². The van der Waals surface area contributed by atoms with Crippen molar-refractivity contribution in [2.45, 2.75) is 31.4 Å². The van der Waals surface area contributed by atoms with Gasteiger partial charge in [-0.1, -0.05) is 18.2 Å². The summed E-state index contributed by atoms with van der Waals surface area (Å²) in [6.45, 7) is 1.51. The van der Waals surface area contributed by atoms with E-state index in [-0.39, 0.29) is 24.0 Å². The van der Waals surface area contributed by atoms with Gasteiger partial charge >= 0.3 is 12.1 Å². The lowest BCUT2D eigenvalue weighted by Crippen LogP contribution is -2.30. The molecule has 1 N–H and O–H groups in total. The average molecular weight is 244 g/mol. The number of hydrogen-bond acceptors (Lipinski definition) is 1. The first kappa shape index (κ1) is 12.0. The van der Waals surface area contributed by atoms with Crippen LogP contribution in [0.1, 0.15) is 34.3 Å². The molecule has 0 amide bonds. The van der Waals surface area contributed by atoms with Gasteiger partial charge in [-0.2, -0.15) is 13.2 Å². The molecule has 2 rings (SSSR count). The molecule has 92 valence electrons. The van der Waals surface area contributed by atoms with Crippen LogP contribution >= 0.6 is 0 Å². The number of aryl methyl sites for hydroxylation is 1. The van der Waals surface area contributed by atoms with Gasteiger partial charge in [0.15, 0.2) is 0 Å². The Morgan fingerprint density at radius 1 is 1.35 bits per heavy atom. The van der Waals surface area contributed by atoms with Gasteiger partial charge in [0, 0.05) is 0 Å². The smallest absolute Gasteiger partial charge is 0.398 e. The van der Waals surface area contributed by atoms with Gasteiger partial charge in [-0.05, 0) is 30.9 Å². The van der Waals surface area contributed by atoms with Crippen LogP contribution < -0.4 is 0 Å². The van der Waals surface area contributed by atoms with Crippen LogP contribution in [-0.4, -0.2) is 17.3 Å². The molecule has 0 bridgehead atoms. The Labute approximate surface area is 96.1 Å². The number of halogens is 3. The first-order chi connectivity index (χ1) is 7.79. The molecule has 1 aliphatic carbocycles. The molecule has 2 nitrogen and oxygen atoms in total. The molecule has 0 aliphatic heterocycles. The van der Waals surface area contributed by atoms with Crippen molar-refractivity contribution in [3.05, 3.63) is 34.9 Å². The van der Waals surface area contributed by atoms with Crippen LogP contribution in [0.25, 0.3) is 0 Å². The Balaban J connectivity index is 2.62. The molecule has 1 aromatic carbocycles. The topological polar surface area (TPSA) is 37.3 Å². The number of carbonyl (C=O) groups is 1. The summed E-state index contributed by atoms with van der Waals surface area (Å²) in [6.07, 6.45) is -4.44. The third kappa shape index (κ3) is 1.69. The number of aromatic carboxylic acids is 1. The number of hydrogen-bond donors (Lipinski definition) is 1. The average Bonchev–Trinajstić information content (AvgIpc) is 2.95. The summed E-state index contributed by atoms with van der Waals surface area (Å²) in [7, 11) is 0. The normalized spacial score (nSPS) is 17.9. The van der Waals surface area contributed by atoms with Crippen molar-refractivity contribution >= 4 is 5.97 Å². The second-order valence-corrected chi connectivity index (χ2v) is 4.38. The molecule has 0 heterocycles. The van der Waals surface area contributed by atoms with Crippen LogP contribution in [0.4, 0.5) is 13.2 Å². The summed E-state index contributed by atoms with van der Waals surface area (Å²) < 4.78 is 38.9. The van der Waals surface area contributed by atoms with E-state index in [4.69, 9.17) is 5.11 Å². The molecule has 0 radical (unpaired) electrons. The minimum Gasteiger partial charge on any atom is -0.478 e. The second kappa shape index (κ2) is 3.48. The zero-order valence-corrected chi connectivity index (χ0v) is 9.14. The third-order valence-electron chi connectivity index (χ3n) is 3.29. The molecule has 0 saturated heterocycles. The number of carboxylic acid groups (broad SMARTS) is 1. The first-order valence-electron chi connectivity index (χ1n) is 5.20. The summed E-state index contributed by atoms with van der Waals surface area (Å²) >= 11 is 0. The van der Waals surface area contributed by atoms with Gasteiger partial charge in [0.25, 0.3) is 0 Å². The van der Waals surface area contributed by atoms with Gasteiger partial charge in [-0.15, -0.1) is 0 Å². The van der Waals surface area contributed by atoms with Crippen molar-refractivity contribution in [3.63, 3.8) is 0 Å². The van der Waals surface area contributed by atoms with Crippen molar-refractivity contribution in [1.82, 2.24) is 0 Å². The first-order valence-corrected chi connectivity index (χ1v) is 5.20. The highest BCUT2D eigenvalue weighted by molar-refractivity contribution is 5.92. The molecule has 1 aromatic rings. The highest BCUT2D eigenvalue weighted by Gasteiger charge is 2.65. The van der Waals surface area contributed by atoms with Crippen molar-refractivity contribution in [3.8, 4) is 0 Å². The van der Waals surface area contributed by atoms with Crippen molar-refractivity contribution in [2.24, 2.45) is 0 Å². The van der Waals surface area contributed by atoms with Crippen molar-refractivity contribution < 1.29 is 23.1 Å². The minimum absolute atomic E-state index is 0.0275. The summed E-state index contributed by atoms with van der Waals surface area (Å²) in [6, 6.07) is 4.26. The number of alkyl halides is 3. The van der Waals surface area contributed by atoms with Crippen LogP contribution in [0.3, 0.4) is 0 Å². The fourth-order valence-corrected chi connectivity index (χ4v) is 2.18. The second-order valence-electron chi connectivity index (χ2n) is 4.38. The fourth-order valence-electron chi connectivity index (χ4n) is 2.18. The maximum Gasteiger partial charge on any atom is 0.398 e. The maximum absolute atomic E-state index is 13.0. The molecule has 1 aliphatic rings. The summed E-state index contributed by atoms with van der Waals surface area (Å²) in [5.74, 6) is -1.30.